The zero-order valence-corrected chi connectivity index (χ0v) is 34.8. The molecule has 2 heterocycles. The summed E-state index contributed by atoms with van der Waals surface area (Å²) in [6.07, 6.45) is 0. The van der Waals surface area contributed by atoms with E-state index < -0.39 is 0 Å². The van der Waals surface area contributed by atoms with Crippen LogP contribution in [0, 0.1) is 11.3 Å². The van der Waals surface area contributed by atoms with E-state index in [1.54, 1.807) is 12.1 Å². The lowest BCUT2D eigenvalue weighted by Crippen LogP contribution is -2.09. The standard InChI is InChI=1S/C59H39N5/c60-40-41-20-22-48(23-21-41)59-61-55(46-12-4-1-5-13-46)39-56(62-59)47-30-28-44(29-31-47)42-24-26-43(27-25-42)45-32-34-51(35-33-45)64-57-19-11-10-18-53(57)54-38-52(36-37-58(54)64)63(49-14-6-2-7-15-49)50-16-8-3-9-17-50/h1-39H. The molecule has 2 aromatic heterocycles. The van der Waals surface area contributed by atoms with Gasteiger partial charge in [-0.3, -0.25) is 0 Å². The highest BCUT2D eigenvalue weighted by Crippen LogP contribution is 2.40. The first-order valence-corrected chi connectivity index (χ1v) is 21.4. The molecule has 0 saturated heterocycles. The first-order chi connectivity index (χ1) is 31.7. The number of para-hydroxylation sites is 3. The van der Waals surface area contributed by atoms with Crippen molar-refractivity contribution >= 4 is 38.9 Å². The Hall–Kier alpha value is -8.85. The molecule has 0 N–H and O–H groups in total. The SMILES string of the molecule is N#Cc1ccc(-c2nc(-c3ccccc3)cc(-c3ccc(-c4ccc(-c5ccc(-n6c7ccccc7c7cc(N(c8ccccc8)c8ccccc8)ccc76)cc5)cc4)cc3)n2)cc1. The fourth-order valence-corrected chi connectivity index (χ4v) is 8.65. The minimum Gasteiger partial charge on any atom is -0.310 e. The molecule has 0 unspecified atom stereocenters. The van der Waals surface area contributed by atoms with Gasteiger partial charge in [0.15, 0.2) is 5.82 Å². The second kappa shape index (κ2) is 16.5. The lowest BCUT2D eigenvalue weighted by molar-refractivity contribution is 1.18. The van der Waals surface area contributed by atoms with Crippen LogP contribution in [0.1, 0.15) is 5.56 Å². The van der Waals surface area contributed by atoms with Crippen LogP contribution in [0.25, 0.3) is 83.6 Å². The number of hydrogen-bond acceptors (Lipinski definition) is 4. The van der Waals surface area contributed by atoms with Crippen LogP contribution in [0.2, 0.25) is 0 Å². The molecular weight excluding hydrogens is 779 g/mol. The number of aromatic nitrogens is 3. The fraction of sp³-hybridized carbons (Fsp3) is 0. The third-order valence-corrected chi connectivity index (χ3v) is 11.9. The summed E-state index contributed by atoms with van der Waals surface area (Å²) in [5.41, 5.74) is 16.5. The maximum absolute atomic E-state index is 9.33. The van der Waals surface area contributed by atoms with Gasteiger partial charge in [0, 0.05) is 50.2 Å². The largest absolute Gasteiger partial charge is 0.310 e. The summed E-state index contributed by atoms with van der Waals surface area (Å²) in [4.78, 5) is 12.2. The zero-order valence-electron chi connectivity index (χ0n) is 34.8. The average Bonchev–Trinajstić information content (AvgIpc) is 3.71. The van der Waals surface area contributed by atoms with Crippen LogP contribution in [-0.4, -0.2) is 14.5 Å². The molecular formula is C59H39N5. The molecule has 5 nitrogen and oxygen atoms in total. The third kappa shape index (κ3) is 7.26. The van der Waals surface area contributed by atoms with E-state index in [0.29, 0.717) is 11.4 Å². The Morgan fingerprint density at radius 1 is 0.359 bits per heavy atom. The molecule has 64 heavy (non-hydrogen) atoms. The second-order valence-corrected chi connectivity index (χ2v) is 15.8. The van der Waals surface area contributed by atoms with E-state index in [4.69, 9.17) is 9.97 Å². The number of rotatable bonds is 9. The molecule has 0 aliphatic heterocycles. The summed E-state index contributed by atoms with van der Waals surface area (Å²) in [6.45, 7) is 0. The number of nitriles is 1. The van der Waals surface area contributed by atoms with Crippen LogP contribution in [0.3, 0.4) is 0 Å². The predicted octanol–water partition coefficient (Wildman–Crippen LogP) is 15.3. The van der Waals surface area contributed by atoms with Crippen molar-refractivity contribution in [2.45, 2.75) is 0 Å². The number of hydrogen-bond donors (Lipinski definition) is 0. The minimum absolute atomic E-state index is 0.602. The Morgan fingerprint density at radius 2 is 0.812 bits per heavy atom. The summed E-state index contributed by atoms with van der Waals surface area (Å²) in [5, 5.41) is 11.8. The van der Waals surface area contributed by atoms with Crippen LogP contribution in [0.5, 0.6) is 0 Å². The lowest BCUT2D eigenvalue weighted by atomic mass is 9.98. The van der Waals surface area contributed by atoms with Crippen molar-refractivity contribution in [1.82, 2.24) is 14.5 Å². The minimum atomic E-state index is 0.602. The van der Waals surface area contributed by atoms with Crippen molar-refractivity contribution < 1.29 is 0 Å². The number of fused-ring (bicyclic) bond motifs is 3. The van der Waals surface area contributed by atoms with Gasteiger partial charge in [-0.05, 0) is 113 Å². The van der Waals surface area contributed by atoms with Crippen molar-refractivity contribution in [3.05, 3.63) is 242 Å². The number of nitrogens with zero attached hydrogens (tertiary/aromatic N) is 5. The Bertz CT molecular complexity index is 3410. The maximum Gasteiger partial charge on any atom is 0.160 e. The Balaban J connectivity index is 0.869. The van der Waals surface area contributed by atoms with Gasteiger partial charge in [0.1, 0.15) is 0 Å². The monoisotopic (exact) mass is 817 g/mol. The van der Waals surface area contributed by atoms with Gasteiger partial charge < -0.3 is 9.47 Å². The van der Waals surface area contributed by atoms with Gasteiger partial charge in [0.05, 0.1) is 34.1 Å². The summed E-state index contributed by atoms with van der Waals surface area (Å²) < 4.78 is 2.37. The summed E-state index contributed by atoms with van der Waals surface area (Å²) in [6, 6.07) is 84.7. The average molecular weight is 818 g/mol. The highest BCUT2D eigenvalue weighted by Gasteiger charge is 2.18. The molecule has 5 heteroatoms. The summed E-state index contributed by atoms with van der Waals surface area (Å²) in [7, 11) is 0. The van der Waals surface area contributed by atoms with Crippen LogP contribution >= 0.6 is 0 Å². The molecule has 0 saturated carbocycles. The van der Waals surface area contributed by atoms with Crippen molar-refractivity contribution in [1.29, 1.82) is 5.26 Å². The quantitative estimate of drug-likeness (QED) is 0.146. The van der Waals surface area contributed by atoms with Crippen molar-refractivity contribution in [2.75, 3.05) is 4.90 Å². The Kier molecular flexibility index (Phi) is 9.85. The molecule has 300 valence electrons. The second-order valence-electron chi connectivity index (χ2n) is 15.8. The normalized spacial score (nSPS) is 11.1. The fourth-order valence-electron chi connectivity index (χ4n) is 8.65. The van der Waals surface area contributed by atoms with Gasteiger partial charge in [-0.15, -0.1) is 0 Å². The third-order valence-electron chi connectivity index (χ3n) is 11.9. The Morgan fingerprint density at radius 3 is 1.38 bits per heavy atom. The van der Waals surface area contributed by atoms with E-state index in [0.717, 1.165) is 78.6 Å². The topological polar surface area (TPSA) is 57.7 Å². The van der Waals surface area contributed by atoms with Gasteiger partial charge in [-0.1, -0.05) is 146 Å². The first kappa shape index (κ1) is 38.1. The molecule has 0 spiro atoms. The Labute approximate surface area is 372 Å². The van der Waals surface area contributed by atoms with Crippen LogP contribution < -0.4 is 4.90 Å². The number of benzene rings is 9. The van der Waals surface area contributed by atoms with Gasteiger partial charge in [0.25, 0.3) is 0 Å². The molecule has 0 aliphatic rings. The van der Waals surface area contributed by atoms with Gasteiger partial charge in [-0.2, -0.15) is 5.26 Å². The van der Waals surface area contributed by atoms with Crippen molar-refractivity contribution in [2.24, 2.45) is 0 Å². The predicted molar refractivity (Wildman–Crippen MR) is 263 cm³/mol. The van der Waals surface area contributed by atoms with E-state index in [-0.39, 0.29) is 0 Å². The maximum atomic E-state index is 9.33. The molecule has 0 fully saturated rings. The molecule has 0 amide bonds. The van der Waals surface area contributed by atoms with E-state index in [1.807, 2.05) is 36.4 Å². The zero-order chi connectivity index (χ0) is 42.8. The van der Waals surface area contributed by atoms with Crippen molar-refractivity contribution in [3.8, 4) is 67.9 Å². The van der Waals surface area contributed by atoms with Crippen LogP contribution in [0.15, 0.2) is 237 Å². The van der Waals surface area contributed by atoms with E-state index in [9.17, 15) is 5.26 Å². The molecule has 0 aliphatic carbocycles. The molecule has 11 rings (SSSR count). The summed E-state index contributed by atoms with van der Waals surface area (Å²) >= 11 is 0. The molecule has 9 aromatic carbocycles. The van der Waals surface area contributed by atoms with E-state index in [2.05, 4.69) is 204 Å². The van der Waals surface area contributed by atoms with E-state index in [1.165, 1.54) is 16.3 Å². The molecule has 0 bridgehead atoms. The molecule has 11 aromatic rings. The highest BCUT2D eigenvalue weighted by molar-refractivity contribution is 6.10. The van der Waals surface area contributed by atoms with Gasteiger partial charge in [0.2, 0.25) is 0 Å². The summed E-state index contributed by atoms with van der Waals surface area (Å²) in [5.74, 6) is 0.618. The van der Waals surface area contributed by atoms with Gasteiger partial charge in [-0.25, -0.2) is 9.97 Å². The first-order valence-electron chi connectivity index (χ1n) is 21.4. The van der Waals surface area contributed by atoms with Gasteiger partial charge >= 0.3 is 0 Å². The number of anilines is 3. The smallest absolute Gasteiger partial charge is 0.160 e. The lowest BCUT2D eigenvalue weighted by Gasteiger charge is -2.25. The van der Waals surface area contributed by atoms with Crippen LogP contribution in [0.4, 0.5) is 17.1 Å². The van der Waals surface area contributed by atoms with E-state index >= 15 is 0 Å². The molecule has 0 atom stereocenters. The van der Waals surface area contributed by atoms with Crippen molar-refractivity contribution in [3.63, 3.8) is 0 Å². The van der Waals surface area contributed by atoms with Crippen LogP contribution in [-0.2, 0) is 0 Å². The highest BCUT2D eigenvalue weighted by atomic mass is 15.1. The molecule has 0 radical (unpaired) electrons.